The number of carbonyl (C=O) groups is 2. The van der Waals surface area contributed by atoms with E-state index in [1.54, 1.807) is 50.4 Å². The van der Waals surface area contributed by atoms with Gasteiger partial charge in [0.1, 0.15) is 6.61 Å². The summed E-state index contributed by atoms with van der Waals surface area (Å²) in [6.45, 7) is 6.22. The SMILES string of the molecule is CCOC(=O)c1ccc(C)c2c(COc3cc(C(=O)Nc4ccc(Cl)c(C)c4)ccc3OC)csc12. The number of rotatable bonds is 8. The minimum atomic E-state index is -0.340. The van der Waals surface area contributed by atoms with Gasteiger partial charge in [0.05, 0.1) is 19.3 Å². The van der Waals surface area contributed by atoms with Crippen LogP contribution in [-0.2, 0) is 11.3 Å². The van der Waals surface area contributed by atoms with Gasteiger partial charge < -0.3 is 19.5 Å². The second kappa shape index (κ2) is 11.0. The molecular weight excluding hydrogens is 498 g/mol. The molecule has 3 aromatic carbocycles. The van der Waals surface area contributed by atoms with E-state index in [0.29, 0.717) is 39.9 Å². The van der Waals surface area contributed by atoms with E-state index in [1.807, 2.05) is 31.4 Å². The van der Waals surface area contributed by atoms with Crippen LogP contribution in [0.15, 0.2) is 53.9 Å². The van der Waals surface area contributed by atoms with Crippen LogP contribution in [0.5, 0.6) is 11.5 Å². The van der Waals surface area contributed by atoms with Crippen molar-refractivity contribution >= 4 is 50.6 Å². The molecular formula is C28H26ClNO5S. The molecule has 4 rings (SSSR count). The van der Waals surface area contributed by atoms with Crippen LogP contribution < -0.4 is 14.8 Å². The maximum atomic E-state index is 12.9. The van der Waals surface area contributed by atoms with Crippen LogP contribution in [0.3, 0.4) is 0 Å². The van der Waals surface area contributed by atoms with E-state index in [0.717, 1.165) is 26.8 Å². The highest BCUT2D eigenvalue weighted by molar-refractivity contribution is 7.17. The normalized spacial score (nSPS) is 10.8. The molecule has 4 aromatic rings. The Morgan fingerprint density at radius 3 is 2.53 bits per heavy atom. The van der Waals surface area contributed by atoms with E-state index in [9.17, 15) is 9.59 Å². The van der Waals surface area contributed by atoms with Crippen LogP contribution >= 0.6 is 22.9 Å². The van der Waals surface area contributed by atoms with Gasteiger partial charge in [0.2, 0.25) is 0 Å². The van der Waals surface area contributed by atoms with Crippen molar-refractivity contribution in [2.75, 3.05) is 19.0 Å². The first-order valence-corrected chi connectivity index (χ1v) is 12.6. The Bertz CT molecular complexity index is 1450. The van der Waals surface area contributed by atoms with E-state index in [4.69, 9.17) is 25.8 Å². The highest BCUT2D eigenvalue weighted by Crippen LogP contribution is 2.35. The minimum Gasteiger partial charge on any atom is -0.493 e. The third-order valence-corrected chi connectivity index (χ3v) is 7.21. The van der Waals surface area contributed by atoms with Gasteiger partial charge in [0.15, 0.2) is 11.5 Å². The number of ether oxygens (including phenoxy) is 3. The number of hydrogen-bond donors (Lipinski definition) is 1. The van der Waals surface area contributed by atoms with E-state index < -0.39 is 0 Å². The van der Waals surface area contributed by atoms with E-state index >= 15 is 0 Å². The number of nitrogens with one attached hydrogen (secondary N) is 1. The molecule has 0 saturated heterocycles. The lowest BCUT2D eigenvalue weighted by molar-refractivity contribution is 0.0528. The molecule has 8 heteroatoms. The smallest absolute Gasteiger partial charge is 0.339 e. The predicted molar refractivity (Wildman–Crippen MR) is 144 cm³/mol. The zero-order valence-electron chi connectivity index (χ0n) is 20.4. The van der Waals surface area contributed by atoms with Gasteiger partial charge >= 0.3 is 5.97 Å². The summed E-state index contributed by atoms with van der Waals surface area (Å²) in [6.07, 6.45) is 0. The van der Waals surface area contributed by atoms with Crippen molar-refractivity contribution in [2.24, 2.45) is 0 Å². The summed E-state index contributed by atoms with van der Waals surface area (Å²) in [4.78, 5) is 25.3. The van der Waals surface area contributed by atoms with Gasteiger partial charge in [-0.1, -0.05) is 17.7 Å². The molecule has 0 aliphatic rings. The first-order valence-electron chi connectivity index (χ1n) is 11.4. The van der Waals surface area contributed by atoms with Crippen molar-refractivity contribution < 1.29 is 23.8 Å². The molecule has 0 bridgehead atoms. The molecule has 186 valence electrons. The largest absolute Gasteiger partial charge is 0.493 e. The maximum absolute atomic E-state index is 12.9. The molecule has 36 heavy (non-hydrogen) atoms. The summed E-state index contributed by atoms with van der Waals surface area (Å²) in [5.74, 6) is 0.335. The van der Waals surface area contributed by atoms with Crippen LogP contribution in [0.4, 0.5) is 5.69 Å². The number of benzene rings is 3. The Balaban J connectivity index is 1.57. The van der Waals surface area contributed by atoms with Crippen LogP contribution in [0.25, 0.3) is 10.1 Å². The average Bonchev–Trinajstić information content (AvgIpc) is 3.30. The third kappa shape index (κ3) is 5.32. The lowest BCUT2D eigenvalue weighted by Gasteiger charge is -2.13. The molecule has 1 N–H and O–H groups in total. The molecule has 0 unspecified atom stereocenters. The monoisotopic (exact) mass is 523 g/mol. The van der Waals surface area contributed by atoms with E-state index in [2.05, 4.69) is 5.32 Å². The van der Waals surface area contributed by atoms with Gasteiger partial charge in [-0.05, 0) is 79.7 Å². The molecule has 0 radical (unpaired) electrons. The summed E-state index contributed by atoms with van der Waals surface area (Å²) in [6, 6.07) is 14.1. The summed E-state index contributed by atoms with van der Waals surface area (Å²) >= 11 is 7.56. The quantitative estimate of drug-likeness (QED) is 0.247. The fourth-order valence-corrected chi connectivity index (χ4v) is 5.13. The predicted octanol–water partition coefficient (Wildman–Crippen LogP) is 7.19. The minimum absolute atomic E-state index is 0.241. The standard InChI is InChI=1S/C28H26ClNO5S/c1-5-34-28(32)21-9-6-16(2)25-19(15-36-26(21)25)14-35-24-13-18(7-11-23(24)33-4)27(31)30-20-8-10-22(29)17(3)12-20/h6-13,15H,5,14H2,1-4H3,(H,30,31). The van der Waals surface area contributed by atoms with E-state index in [1.165, 1.54) is 11.3 Å². The number of thiophene rings is 1. The highest BCUT2D eigenvalue weighted by atomic mass is 35.5. The summed E-state index contributed by atoms with van der Waals surface area (Å²) < 4.78 is 17.7. The number of carbonyl (C=O) groups excluding carboxylic acids is 2. The van der Waals surface area contributed by atoms with Crippen molar-refractivity contribution in [3.63, 3.8) is 0 Å². The molecule has 0 fully saturated rings. The Kier molecular flexibility index (Phi) is 7.82. The number of hydrogen-bond acceptors (Lipinski definition) is 6. The van der Waals surface area contributed by atoms with Gasteiger partial charge in [0, 0.05) is 31.9 Å². The molecule has 0 spiro atoms. The van der Waals surface area contributed by atoms with Crippen LogP contribution in [0.2, 0.25) is 5.02 Å². The summed E-state index contributed by atoms with van der Waals surface area (Å²) in [7, 11) is 1.55. The number of halogens is 1. The highest BCUT2D eigenvalue weighted by Gasteiger charge is 2.18. The third-order valence-electron chi connectivity index (χ3n) is 5.73. The van der Waals surface area contributed by atoms with E-state index in [-0.39, 0.29) is 18.5 Å². The van der Waals surface area contributed by atoms with Crippen molar-refractivity contribution in [3.8, 4) is 11.5 Å². The fraction of sp³-hybridized carbons (Fsp3) is 0.214. The molecule has 1 heterocycles. The number of anilines is 1. The number of fused-ring (bicyclic) bond motifs is 1. The second-order valence-electron chi connectivity index (χ2n) is 8.19. The Labute approximate surface area is 218 Å². The summed E-state index contributed by atoms with van der Waals surface area (Å²) in [5, 5.41) is 6.47. The second-order valence-corrected chi connectivity index (χ2v) is 9.47. The zero-order chi connectivity index (χ0) is 25.8. The number of amides is 1. The summed E-state index contributed by atoms with van der Waals surface area (Å²) in [5.41, 5.74) is 4.47. The van der Waals surface area contributed by atoms with Crippen molar-refractivity contribution in [1.29, 1.82) is 0 Å². The molecule has 1 aromatic heterocycles. The number of aryl methyl sites for hydroxylation is 2. The van der Waals surface area contributed by atoms with Gasteiger partial charge in [-0.15, -0.1) is 11.3 Å². The van der Waals surface area contributed by atoms with Crippen molar-refractivity contribution in [3.05, 3.63) is 86.8 Å². The van der Waals surface area contributed by atoms with Crippen LogP contribution in [-0.4, -0.2) is 25.6 Å². The average molecular weight is 524 g/mol. The van der Waals surface area contributed by atoms with Gasteiger partial charge in [-0.25, -0.2) is 4.79 Å². The topological polar surface area (TPSA) is 73.9 Å². The fourth-order valence-electron chi connectivity index (χ4n) is 3.88. The Morgan fingerprint density at radius 2 is 1.81 bits per heavy atom. The lowest BCUT2D eigenvalue weighted by atomic mass is 10.0. The lowest BCUT2D eigenvalue weighted by Crippen LogP contribution is -2.12. The molecule has 0 atom stereocenters. The Morgan fingerprint density at radius 1 is 1.00 bits per heavy atom. The number of esters is 1. The van der Waals surface area contributed by atoms with Gasteiger partial charge in [0.25, 0.3) is 5.91 Å². The van der Waals surface area contributed by atoms with Crippen LogP contribution in [0, 0.1) is 13.8 Å². The first kappa shape index (κ1) is 25.5. The van der Waals surface area contributed by atoms with Crippen molar-refractivity contribution in [2.45, 2.75) is 27.4 Å². The molecule has 0 saturated carbocycles. The molecule has 0 aliphatic heterocycles. The van der Waals surface area contributed by atoms with Gasteiger partial charge in [-0.2, -0.15) is 0 Å². The molecule has 1 amide bonds. The number of methoxy groups -OCH3 is 1. The first-order chi connectivity index (χ1) is 17.3. The Hall–Kier alpha value is -3.55. The molecule has 6 nitrogen and oxygen atoms in total. The van der Waals surface area contributed by atoms with Crippen LogP contribution in [0.1, 0.15) is 44.3 Å². The zero-order valence-corrected chi connectivity index (χ0v) is 22.0. The van der Waals surface area contributed by atoms with Crippen molar-refractivity contribution in [1.82, 2.24) is 0 Å². The van der Waals surface area contributed by atoms with Gasteiger partial charge in [-0.3, -0.25) is 4.79 Å². The maximum Gasteiger partial charge on any atom is 0.339 e. The molecule has 0 aliphatic carbocycles.